The fourth-order valence-corrected chi connectivity index (χ4v) is 4.22. The highest BCUT2D eigenvalue weighted by molar-refractivity contribution is 7.99. The first kappa shape index (κ1) is 15.3. The third-order valence-corrected chi connectivity index (χ3v) is 5.54. The van der Waals surface area contributed by atoms with Gasteiger partial charge in [0.25, 0.3) is 0 Å². The number of nitrogens with zero attached hydrogens (tertiary/aromatic N) is 1. The fraction of sp³-hybridized carbons (Fsp3) is 0.462. The zero-order chi connectivity index (χ0) is 14.4. The molecule has 1 atom stereocenters. The van der Waals surface area contributed by atoms with Gasteiger partial charge in [-0.1, -0.05) is 11.8 Å². The molecule has 2 heterocycles. The highest BCUT2D eigenvalue weighted by Crippen LogP contribution is 2.23. The van der Waals surface area contributed by atoms with Crippen molar-refractivity contribution in [3.05, 3.63) is 24.0 Å². The molecule has 0 radical (unpaired) electrons. The summed E-state index contributed by atoms with van der Waals surface area (Å²) in [5.41, 5.74) is 0.471. The third-order valence-electron chi connectivity index (χ3n) is 2.92. The summed E-state index contributed by atoms with van der Waals surface area (Å²) in [6, 6.07) is 1.46. The second-order valence-corrected chi connectivity index (χ2v) is 7.37. The van der Waals surface area contributed by atoms with E-state index in [1.807, 2.05) is 11.8 Å². The lowest BCUT2D eigenvalue weighted by molar-refractivity contribution is 0.350. The standard InChI is InChI=1S/C13H16N2O3S2/c16-4-1-2-11-6-13(9-14-7-11)20(17,18)15-8-12-3-5-19-10-12/h6-7,9,12,15-16H,3-5,8,10H2. The van der Waals surface area contributed by atoms with E-state index in [1.54, 1.807) is 0 Å². The van der Waals surface area contributed by atoms with Crippen molar-refractivity contribution in [1.29, 1.82) is 0 Å². The van der Waals surface area contributed by atoms with Gasteiger partial charge in [0.15, 0.2) is 0 Å². The smallest absolute Gasteiger partial charge is 0.242 e. The van der Waals surface area contributed by atoms with Gasteiger partial charge in [0.1, 0.15) is 11.5 Å². The molecule has 1 saturated heterocycles. The van der Waals surface area contributed by atoms with Crippen molar-refractivity contribution >= 4 is 21.8 Å². The number of sulfonamides is 1. The second-order valence-electron chi connectivity index (χ2n) is 4.45. The normalized spacial score (nSPS) is 18.6. The Morgan fingerprint density at radius 3 is 3.05 bits per heavy atom. The maximum absolute atomic E-state index is 12.2. The van der Waals surface area contributed by atoms with Crippen molar-refractivity contribution in [2.45, 2.75) is 11.3 Å². The molecule has 1 unspecified atom stereocenters. The van der Waals surface area contributed by atoms with Crippen LogP contribution in [0.4, 0.5) is 0 Å². The maximum Gasteiger partial charge on any atom is 0.242 e. The van der Waals surface area contributed by atoms with Gasteiger partial charge in [-0.25, -0.2) is 13.1 Å². The van der Waals surface area contributed by atoms with Gasteiger partial charge >= 0.3 is 0 Å². The summed E-state index contributed by atoms with van der Waals surface area (Å²) in [6.07, 6.45) is 3.82. The highest BCUT2D eigenvalue weighted by Gasteiger charge is 2.20. The van der Waals surface area contributed by atoms with Crippen LogP contribution in [0.2, 0.25) is 0 Å². The van der Waals surface area contributed by atoms with Gasteiger partial charge in [-0.15, -0.1) is 0 Å². The zero-order valence-electron chi connectivity index (χ0n) is 10.9. The van der Waals surface area contributed by atoms with Crippen molar-refractivity contribution < 1.29 is 13.5 Å². The molecule has 2 N–H and O–H groups in total. The van der Waals surface area contributed by atoms with Gasteiger partial charge in [0.05, 0.1) is 0 Å². The molecule has 5 nitrogen and oxygen atoms in total. The molecule has 20 heavy (non-hydrogen) atoms. The second kappa shape index (κ2) is 7.09. The Morgan fingerprint density at radius 2 is 2.35 bits per heavy atom. The van der Waals surface area contributed by atoms with Gasteiger partial charge in [0.2, 0.25) is 10.0 Å². The molecule has 2 rings (SSSR count). The van der Waals surface area contributed by atoms with E-state index in [9.17, 15) is 8.42 Å². The Balaban J connectivity index is 2.08. The summed E-state index contributed by atoms with van der Waals surface area (Å²) in [7, 11) is -3.55. The molecule has 108 valence electrons. The van der Waals surface area contributed by atoms with Crippen molar-refractivity contribution in [3.63, 3.8) is 0 Å². The lowest BCUT2D eigenvalue weighted by Gasteiger charge is -2.10. The van der Waals surface area contributed by atoms with Crippen molar-refractivity contribution in [1.82, 2.24) is 9.71 Å². The predicted octanol–water partition coefficient (Wildman–Crippen LogP) is 0.457. The van der Waals surface area contributed by atoms with E-state index in [-0.39, 0.29) is 11.5 Å². The molecule has 0 saturated carbocycles. The van der Waals surface area contributed by atoms with Crippen molar-refractivity contribution in [3.8, 4) is 11.8 Å². The Kier molecular flexibility index (Phi) is 5.43. The van der Waals surface area contributed by atoms with Crippen LogP contribution < -0.4 is 4.72 Å². The minimum atomic E-state index is -3.55. The number of pyridine rings is 1. The van der Waals surface area contributed by atoms with Gasteiger partial charge < -0.3 is 5.11 Å². The monoisotopic (exact) mass is 312 g/mol. The summed E-state index contributed by atoms with van der Waals surface area (Å²) in [5, 5.41) is 8.64. The molecule has 0 amide bonds. The number of nitrogens with one attached hydrogen (secondary N) is 1. The summed E-state index contributed by atoms with van der Waals surface area (Å²) in [4.78, 5) is 3.98. The molecule has 7 heteroatoms. The molecular formula is C13H16N2O3S2. The SMILES string of the molecule is O=S(=O)(NCC1CCSC1)c1cncc(C#CCO)c1. The van der Waals surface area contributed by atoms with Crippen LogP contribution in [0.3, 0.4) is 0 Å². The Hall–Kier alpha value is -1.07. The number of hydrogen-bond donors (Lipinski definition) is 2. The van der Waals surface area contributed by atoms with Crippen molar-refractivity contribution in [2.75, 3.05) is 24.7 Å². The number of aliphatic hydroxyl groups excluding tert-OH is 1. The summed E-state index contributed by atoms with van der Waals surface area (Å²) in [5.74, 6) is 7.62. The summed E-state index contributed by atoms with van der Waals surface area (Å²) >= 11 is 1.85. The molecule has 0 bridgehead atoms. The van der Waals surface area contributed by atoms with E-state index >= 15 is 0 Å². The van der Waals surface area contributed by atoms with E-state index in [4.69, 9.17) is 5.11 Å². The van der Waals surface area contributed by atoms with Crippen molar-refractivity contribution in [2.24, 2.45) is 5.92 Å². The average molecular weight is 312 g/mol. The topological polar surface area (TPSA) is 79.3 Å². The van der Waals surface area contributed by atoms with E-state index in [1.165, 1.54) is 18.5 Å². The van der Waals surface area contributed by atoms with E-state index < -0.39 is 10.0 Å². The molecule has 0 aromatic carbocycles. The quantitative estimate of drug-likeness (QED) is 0.790. The fourth-order valence-electron chi connectivity index (χ4n) is 1.83. The Bertz CT molecular complexity index is 614. The molecule has 1 fully saturated rings. The van der Waals surface area contributed by atoms with Crippen LogP contribution in [0.25, 0.3) is 0 Å². The van der Waals surface area contributed by atoms with E-state index in [2.05, 4.69) is 21.5 Å². The number of aliphatic hydroxyl groups is 1. The first-order valence-electron chi connectivity index (χ1n) is 6.24. The summed E-state index contributed by atoms with van der Waals surface area (Å²) in [6.45, 7) is 0.191. The molecule has 0 spiro atoms. The van der Waals surface area contributed by atoms with Crippen LogP contribution in [0.1, 0.15) is 12.0 Å². The zero-order valence-corrected chi connectivity index (χ0v) is 12.5. The number of thioether (sulfide) groups is 1. The molecule has 1 aliphatic rings. The summed E-state index contributed by atoms with van der Waals surface area (Å²) < 4.78 is 26.9. The van der Waals surface area contributed by atoms with Gasteiger partial charge in [0, 0.05) is 24.5 Å². The van der Waals surface area contributed by atoms with Crippen LogP contribution >= 0.6 is 11.8 Å². The van der Waals surface area contributed by atoms with Gasteiger partial charge in [-0.05, 0) is 29.9 Å². The predicted molar refractivity (Wildman–Crippen MR) is 78.8 cm³/mol. The first-order valence-corrected chi connectivity index (χ1v) is 8.88. The van der Waals surface area contributed by atoms with E-state index in [0.717, 1.165) is 17.9 Å². The number of rotatable bonds is 4. The van der Waals surface area contributed by atoms with Crippen LogP contribution in [0, 0.1) is 17.8 Å². The minimum Gasteiger partial charge on any atom is -0.384 e. The molecular weight excluding hydrogens is 296 g/mol. The largest absolute Gasteiger partial charge is 0.384 e. The lowest BCUT2D eigenvalue weighted by atomic mass is 10.1. The maximum atomic E-state index is 12.2. The average Bonchev–Trinajstić information content (AvgIpc) is 2.97. The van der Waals surface area contributed by atoms with Crippen LogP contribution in [-0.2, 0) is 10.0 Å². The van der Waals surface area contributed by atoms with Crippen LogP contribution in [0.5, 0.6) is 0 Å². The van der Waals surface area contributed by atoms with Gasteiger partial charge in [-0.2, -0.15) is 11.8 Å². The molecule has 0 aliphatic carbocycles. The van der Waals surface area contributed by atoms with Crippen LogP contribution in [-0.4, -0.2) is 43.2 Å². The highest BCUT2D eigenvalue weighted by atomic mass is 32.2. The van der Waals surface area contributed by atoms with E-state index in [0.29, 0.717) is 18.0 Å². The number of hydrogen-bond acceptors (Lipinski definition) is 5. The lowest BCUT2D eigenvalue weighted by Crippen LogP contribution is -2.29. The molecule has 1 aromatic heterocycles. The van der Waals surface area contributed by atoms with Gasteiger partial charge in [-0.3, -0.25) is 4.98 Å². The molecule has 1 aromatic rings. The Morgan fingerprint density at radius 1 is 1.50 bits per heavy atom. The third kappa shape index (κ3) is 4.21. The van der Waals surface area contributed by atoms with Crippen LogP contribution in [0.15, 0.2) is 23.4 Å². The number of aromatic nitrogens is 1. The molecule has 1 aliphatic heterocycles. The Labute approximate surface area is 123 Å². The minimum absolute atomic E-state index is 0.105. The first-order chi connectivity index (χ1) is 9.62.